The summed E-state index contributed by atoms with van der Waals surface area (Å²) in [4.78, 5) is 12.1. The van der Waals surface area contributed by atoms with Crippen molar-refractivity contribution >= 4 is 5.97 Å². The van der Waals surface area contributed by atoms with Gasteiger partial charge in [0.25, 0.3) is 0 Å². The molecule has 0 heterocycles. The van der Waals surface area contributed by atoms with Crippen molar-refractivity contribution in [3.63, 3.8) is 0 Å². The minimum atomic E-state index is -0.967. The lowest BCUT2D eigenvalue weighted by atomic mass is 9.65. The Kier molecular flexibility index (Phi) is 4.81. The van der Waals surface area contributed by atoms with Gasteiger partial charge in [-0.3, -0.25) is 4.79 Å². The van der Waals surface area contributed by atoms with Crippen molar-refractivity contribution in [3.8, 4) is 0 Å². The van der Waals surface area contributed by atoms with Crippen LogP contribution in [0.3, 0.4) is 0 Å². The molecule has 1 aliphatic carbocycles. The Hall–Kier alpha value is -1.35. The third-order valence-electron chi connectivity index (χ3n) is 4.84. The number of carboxylic acids is 1. The van der Waals surface area contributed by atoms with Gasteiger partial charge >= 0.3 is 5.97 Å². The molecule has 0 spiro atoms. The zero-order chi connectivity index (χ0) is 14.6. The molecule has 0 radical (unpaired) electrons. The van der Waals surface area contributed by atoms with Gasteiger partial charge in [-0.25, -0.2) is 0 Å². The van der Waals surface area contributed by atoms with Gasteiger partial charge in [0, 0.05) is 5.92 Å². The summed E-state index contributed by atoms with van der Waals surface area (Å²) in [6.07, 6.45) is 4.57. The van der Waals surface area contributed by atoms with Crippen LogP contribution in [0, 0.1) is 5.92 Å². The molecule has 0 amide bonds. The van der Waals surface area contributed by atoms with Crippen molar-refractivity contribution in [2.75, 3.05) is 0 Å². The summed E-state index contributed by atoms with van der Waals surface area (Å²) in [7, 11) is 0. The molecular formula is C17H24O3. The maximum Gasteiger partial charge on any atom is 0.314 e. The van der Waals surface area contributed by atoms with Crippen molar-refractivity contribution in [3.05, 3.63) is 35.9 Å². The number of benzene rings is 1. The molecule has 20 heavy (non-hydrogen) atoms. The molecule has 1 aromatic rings. The zero-order valence-electron chi connectivity index (χ0n) is 12.1. The van der Waals surface area contributed by atoms with Crippen molar-refractivity contribution in [1.82, 2.24) is 0 Å². The van der Waals surface area contributed by atoms with E-state index in [9.17, 15) is 15.0 Å². The first-order chi connectivity index (χ1) is 9.63. The van der Waals surface area contributed by atoms with E-state index in [0.717, 1.165) is 31.2 Å². The van der Waals surface area contributed by atoms with Gasteiger partial charge in [-0.1, -0.05) is 56.5 Å². The Balaban J connectivity index is 2.48. The first kappa shape index (κ1) is 15.0. The number of carbonyl (C=O) groups is 1. The van der Waals surface area contributed by atoms with Crippen LogP contribution in [0.4, 0.5) is 0 Å². The summed E-state index contributed by atoms with van der Waals surface area (Å²) in [5.74, 6) is -1.01. The first-order valence-corrected chi connectivity index (χ1v) is 7.60. The number of aliphatic carboxylic acids is 1. The molecular weight excluding hydrogens is 252 g/mol. The summed E-state index contributed by atoms with van der Waals surface area (Å²) in [5, 5.41) is 20.4. The quantitative estimate of drug-likeness (QED) is 0.829. The van der Waals surface area contributed by atoms with Crippen LogP contribution in [0.1, 0.15) is 51.0 Å². The lowest BCUT2D eigenvalue weighted by Gasteiger charge is -2.39. The third kappa shape index (κ3) is 2.59. The van der Waals surface area contributed by atoms with E-state index in [1.54, 1.807) is 0 Å². The molecule has 3 nitrogen and oxygen atoms in total. The highest BCUT2D eigenvalue weighted by molar-refractivity contribution is 5.82. The molecule has 0 aliphatic heterocycles. The van der Waals surface area contributed by atoms with E-state index < -0.39 is 17.5 Å². The SMILES string of the molecule is CCC(C(=O)O)(c1ccccc1)C1CCCCCC1O. The number of carboxylic acid groups (broad SMARTS) is 1. The lowest BCUT2D eigenvalue weighted by Crippen LogP contribution is -2.47. The van der Waals surface area contributed by atoms with E-state index in [2.05, 4.69) is 0 Å². The van der Waals surface area contributed by atoms with Crippen LogP contribution in [0.2, 0.25) is 0 Å². The second-order valence-corrected chi connectivity index (χ2v) is 5.81. The minimum absolute atomic E-state index is 0.199. The van der Waals surface area contributed by atoms with Gasteiger partial charge < -0.3 is 10.2 Å². The third-order valence-corrected chi connectivity index (χ3v) is 4.84. The van der Waals surface area contributed by atoms with E-state index in [4.69, 9.17) is 0 Å². The Morgan fingerprint density at radius 3 is 2.45 bits per heavy atom. The molecule has 0 aromatic heterocycles. The van der Waals surface area contributed by atoms with Crippen LogP contribution in [0.5, 0.6) is 0 Å². The van der Waals surface area contributed by atoms with E-state index in [1.807, 2.05) is 37.3 Å². The van der Waals surface area contributed by atoms with Crippen molar-refractivity contribution in [2.45, 2.75) is 57.0 Å². The Morgan fingerprint density at radius 1 is 1.20 bits per heavy atom. The molecule has 2 rings (SSSR count). The summed E-state index contributed by atoms with van der Waals surface area (Å²) < 4.78 is 0. The number of aliphatic hydroxyl groups excluding tert-OH is 1. The molecule has 3 unspecified atom stereocenters. The standard InChI is InChI=1S/C17H24O3/c1-2-17(16(19)20,13-9-5-3-6-10-13)14-11-7-4-8-12-15(14)18/h3,5-6,9-10,14-15,18H,2,4,7-8,11-12H2,1H3,(H,19,20). The van der Waals surface area contributed by atoms with Gasteiger partial charge in [-0.2, -0.15) is 0 Å². The maximum atomic E-state index is 12.1. The number of aliphatic hydroxyl groups is 1. The summed E-state index contributed by atoms with van der Waals surface area (Å²) in [5.41, 5.74) is -0.147. The first-order valence-electron chi connectivity index (χ1n) is 7.60. The zero-order valence-corrected chi connectivity index (χ0v) is 12.1. The van der Waals surface area contributed by atoms with E-state index in [0.29, 0.717) is 12.8 Å². The number of rotatable bonds is 4. The molecule has 1 aromatic carbocycles. The van der Waals surface area contributed by atoms with Crippen LogP contribution in [-0.2, 0) is 10.2 Å². The smallest absolute Gasteiger partial charge is 0.314 e. The normalized spacial score (nSPS) is 26.5. The fourth-order valence-electron chi connectivity index (χ4n) is 3.71. The summed E-state index contributed by atoms with van der Waals surface area (Å²) >= 11 is 0. The molecule has 3 atom stereocenters. The molecule has 0 bridgehead atoms. The van der Waals surface area contributed by atoms with Gasteiger partial charge in [0.2, 0.25) is 0 Å². The fraction of sp³-hybridized carbons (Fsp3) is 0.588. The highest BCUT2D eigenvalue weighted by atomic mass is 16.4. The van der Waals surface area contributed by atoms with E-state index in [1.165, 1.54) is 0 Å². The van der Waals surface area contributed by atoms with Crippen molar-refractivity contribution < 1.29 is 15.0 Å². The Morgan fingerprint density at radius 2 is 1.85 bits per heavy atom. The molecule has 1 saturated carbocycles. The largest absolute Gasteiger partial charge is 0.481 e. The summed E-state index contributed by atoms with van der Waals surface area (Å²) in [6.45, 7) is 1.92. The highest BCUT2D eigenvalue weighted by Crippen LogP contribution is 2.43. The Labute approximate surface area is 120 Å². The van der Waals surface area contributed by atoms with Gasteiger partial charge in [-0.05, 0) is 24.8 Å². The number of hydrogen-bond acceptors (Lipinski definition) is 2. The molecule has 0 saturated heterocycles. The lowest BCUT2D eigenvalue weighted by molar-refractivity contribution is -0.149. The minimum Gasteiger partial charge on any atom is -0.481 e. The van der Waals surface area contributed by atoms with Crippen LogP contribution >= 0.6 is 0 Å². The fourth-order valence-corrected chi connectivity index (χ4v) is 3.71. The predicted molar refractivity (Wildman–Crippen MR) is 78.6 cm³/mol. The van der Waals surface area contributed by atoms with E-state index >= 15 is 0 Å². The molecule has 2 N–H and O–H groups in total. The second-order valence-electron chi connectivity index (χ2n) is 5.81. The van der Waals surface area contributed by atoms with Crippen LogP contribution < -0.4 is 0 Å². The average molecular weight is 276 g/mol. The van der Waals surface area contributed by atoms with Crippen molar-refractivity contribution in [1.29, 1.82) is 0 Å². The summed E-state index contributed by atoms with van der Waals surface area (Å²) in [6, 6.07) is 9.43. The van der Waals surface area contributed by atoms with Gasteiger partial charge in [0.15, 0.2) is 0 Å². The monoisotopic (exact) mass is 276 g/mol. The Bertz CT molecular complexity index is 443. The molecule has 1 fully saturated rings. The molecule has 3 heteroatoms. The topological polar surface area (TPSA) is 57.5 Å². The van der Waals surface area contributed by atoms with E-state index in [-0.39, 0.29) is 5.92 Å². The predicted octanol–water partition coefficient (Wildman–Crippen LogP) is 3.36. The van der Waals surface area contributed by atoms with Crippen molar-refractivity contribution in [2.24, 2.45) is 5.92 Å². The van der Waals surface area contributed by atoms with Gasteiger partial charge in [0.1, 0.15) is 0 Å². The van der Waals surface area contributed by atoms with Gasteiger partial charge in [-0.15, -0.1) is 0 Å². The highest BCUT2D eigenvalue weighted by Gasteiger charge is 2.48. The van der Waals surface area contributed by atoms with Crippen LogP contribution in [-0.4, -0.2) is 22.3 Å². The molecule has 1 aliphatic rings. The number of hydrogen-bond donors (Lipinski definition) is 2. The van der Waals surface area contributed by atoms with Gasteiger partial charge in [0.05, 0.1) is 11.5 Å². The maximum absolute atomic E-state index is 12.1. The molecule has 110 valence electrons. The van der Waals surface area contributed by atoms with Crippen LogP contribution in [0.15, 0.2) is 30.3 Å². The average Bonchev–Trinajstić information content (AvgIpc) is 2.67. The second kappa shape index (κ2) is 6.40. The van der Waals surface area contributed by atoms with Crippen LogP contribution in [0.25, 0.3) is 0 Å².